The van der Waals surface area contributed by atoms with Crippen LogP contribution >= 0.6 is 0 Å². The van der Waals surface area contributed by atoms with E-state index >= 15 is 0 Å². The number of hydrogen-bond acceptors (Lipinski definition) is 1. The monoisotopic (exact) mass is 512 g/mol. The van der Waals surface area contributed by atoms with Crippen LogP contribution in [0, 0.1) is 27.7 Å². The second-order valence-electron chi connectivity index (χ2n) is 9.24. The third-order valence-electron chi connectivity index (χ3n) is 6.80. The van der Waals surface area contributed by atoms with Gasteiger partial charge in [0.05, 0.1) is 19.6 Å². The zero-order chi connectivity index (χ0) is 22.9. The van der Waals surface area contributed by atoms with Crippen LogP contribution in [0.5, 0.6) is 0 Å². The number of anilines is 1. The van der Waals surface area contributed by atoms with E-state index in [4.69, 9.17) is 0 Å². The zero-order valence-corrected chi connectivity index (χ0v) is 24.0. The topological polar surface area (TPSA) is 29.1 Å². The molecule has 0 bridgehead atoms. The van der Waals surface area contributed by atoms with Crippen LogP contribution in [0.3, 0.4) is 0 Å². The van der Waals surface area contributed by atoms with Crippen LogP contribution in [-0.2, 0) is 37.5 Å². The number of likely N-dealkylation sites (tertiary alicyclic amines) is 1. The Hall–Kier alpha value is -1.03. The van der Waals surface area contributed by atoms with E-state index < -0.39 is 0 Å². The van der Waals surface area contributed by atoms with Gasteiger partial charge in [-0.25, -0.2) is 0 Å². The molecule has 0 spiro atoms. The van der Waals surface area contributed by atoms with Crippen molar-refractivity contribution in [1.82, 2.24) is 0 Å². The number of quaternary nitrogens is 1. The molecule has 1 atom stereocenters. The molecule has 1 saturated heterocycles. The smallest absolute Gasteiger partial charge is 0.282 e. The number of carbonyl (C=O) groups excluding carboxylic acids is 1. The van der Waals surface area contributed by atoms with Gasteiger partial charge in [0, 0.05) is 44.8 Å². The van der Waals surface area contributed by atoms with E-state index in [0.29, 0.717) is 0 Å². The fourth-order valence-electron chi connectivity index (χ4n) is 5.11. The van der Waals surface area contributed by atoms with Crippen molar-refractivity contribution < 1.29 is 42.0 Å². The van der Waals surface area contributed by atoms with E-state index in [1.54, 1.807) is 0 Å². The van der Waals surface area contributed by atoms with Crippen molar-refractivity contribution in [3.8, 4) is 0 Å². The molecule has 1 heterocycles. The SMILES string of the molecule is CCC(C(=O)Nc1c(C)cc(C)cc1C)[N+]1(CC)CCCCCC1.Cc1ccccc1.[Y]. The van der Waals surface area contributed by atoms with Gasteiger partial charge in [-0.1, -0.05) is 60.5 Å². The molecular weight excluding hydrogens is 469 g/mol. The number of carbonyl (C=O) groups is 1. The predicted octanol–water partition coefficient (Wildman–Crippen LogP) is 6.73. The van der Waals surface area contributed by atoms with Gasteiger partial charge in [0.2, 0.25) is 0 Å². The fraction of sp³-hybridized carbons (Fsp3) is 0.536. The van der Waals surface area contributed by atoms with Crippen molar-refractivity contribution in [1.29, 1.82) is 0 Å². The summed E-state index contributed by atoms with van der Waals surface area (Å²) in [6.07, 6.45) is 6.03. The quantitative estimate of drug-likeness (QED) is 0.442. The minimum Gasteiger partial charge on any atom is -0.320 e. The maximum absolute atomic E-state index is 13.2. The summed E-state index contributed by atoms with van der Waals surface area (Å²) in [4.78, 5) is 13.2. The minimum absolute atomic E-state index is 0. The second kappa shape index (κ2) is 14.3. The summed E-state index contributed by atoms with van der Waals surface area (Å²) in [6, 6.07) is 14.6. The van der Waals surface area contributed by atoms with Crippen molar-refractivity contribution in [3.63, 3.8) is 0 Å². The molecule has 2 aromatic carbocycles. The van der Waals surface area contributed by atoms with E-state index in [1.807, 2.05) is 18.2 Å². The zero-order valence-electron chi connectivity index (χ0n) is 21.2. The molecule has 1 radical (unpaired) electrons. The molecule has 2 aromatic rings. The molecule has 3 rings (SSSR count). The Kier molecular flexibility index (Phi) is 12.9. The van der Waals surface area contributed by atoms with Gasteiger partial charge in [0.25, 0.3) is 5.91 Å². The van der Waals surface area contributed by atoms with Gasteiger partial charge in [-0.15, -0.1) is 0 Å². The van der Waals surface area contributed by atoms with Gasteiger partial charge >= 0.3 is 0 Å². The Bertz CT molecular complexity index is 804. The van der Waals surface area contributed by atoms with Crippen LogP contribution in [0.25, 0.3) is 0 Å². The molecule has 3 nitrogen and oxygen atoms in total. The van der Waals surface area contributed by atoms with Crippen LogP contribution in [0.15, 0.2) is 42.5 Å². The summed E-state index contributed by atoms with van der Waals surface area (Å²) >= 11 is 0. The Morgan fingerprint density at radius 2 is 1.41 bits per heavy atom. The van der Waals surface area contributed by atoms with Gasteiger partial charge < -0.3 is 9.80 Å². The molecule has 0 saturated carbocycles. The molecule has 0 aliphatic carbocycles. The first kappa shape index (κ1) is 29.0. The number of nitrogens with one attached hydrogen (secondary N) is 1. The van der Waals surface area contributed by atoms with Gasteiger partial charge in [-0.2, -0.15) is 0 Å². The van der Waals surface area contributed by atoms with Crippen LogP contribution < -0.4 is 5.32 Å². The number of hydrogen-bond donors (Lipinski definition) is 1. The van der Waals surface area contributed by atoms with E-state index in [1.165, 1.54) is 36.8 Å². The van der Waals surface area contributed by atoms with Crippen LogP contribution in [0.4, 0.5) is 5.69 Å². The maximum atomic E-state index is 13.2. The molecule has 1 aliphatic heterocycles. The standard InChI is InChI=1S/C21H34N2O.C7H8.Y/c1-6-19(23(7-2)12-10-8-9-11-13-23)21(24)22-20-17(4)14-16(3)15-18(20)5;1-7-5-3-2-4-6-7;/h14-15,19H,6-13H2,1-5H3;2-6H,1H3;/p+1. The fourth-order valence-corrected chi connectivity index (χ4v) is 5.11. The number of rotatable bonds is 5. The molecular formula is C28H43N2OY+. The molecule has 1 amide bonds. The average Bonchev–Trinajstić information content (AvgIpc) is 2.99. The Morgan fingerprint density at radius 1 is 0.875 bits per heavy atom. The van der Waals surface area contributed by atoms with E-state index in [0.717, 1.165) is 47.4 Å². The van der Waals surface area contributed by atoms with Crippen molar-refractivity contribution in [2.75, 3.05) is 25.0 Å². The van der Waals surface area contributed by atoms with Gasteiger partial charge in [0.1, 0.15) is 0 Å². The minimum atomic E-state index is 0. The number of nitrogens with zero attached hydrogens (tertiary/aromatic N) is 1. The maximum Gasteiger partial charge on any atom is 0.282 e. The molecule has 1 unspecified atom stereocenters. The second-order valence-corrected chi connectivity index (χ2v) is 9.24. The largest absolute Gasteiger partial charge is 0.320 e. The van der Waals surface area contributed by atoms with Crippen LogP contribution in [-0.4, -0.2) is 36.1 Å². The Morgan fingerprint density at radius 3 is 1.81 bits per heavy atom. The first-order valence-electron chi connectivity index (χ1n) is 12.1. The van der Waals surface area contributed by atoms with Gasteiger partial charge in [-0.05, 0) is 71.4 Å². The molecule has 4 heteroatoms. The summed E-state index contributed by atoms with van der Waals surface area (Å²) in [6.45, 7) is 16.1. The number of likely N-dealkylation sites (N-methyl/N-ethyl adjacent to an activating group) is 1. The van der Waals surface area contributed by atoms with Gasteiger partial charge in [-0.3, -0.25) is 4.79 Å². The molecule has 32 heavy (non-hydrogen) atoms. The number of amides is 1. The number of benzene rings is 2. The summed E-state index contributed by atoms with van der Waals surface area (Å²) in [5, 5.41) is 3.28. The predicted molar refractivity (Wildman–Crippen MR) is 134 cm³/mol. The third-order valence-corrected chi connectivity index (χ3v) is 6.80. The Labute approximate surface area is 221 Å². The normalized spacial score (nSPS) is 15.9. The van der Waals surface area contributed by atoms with E-state index in [2.05, 4.69) is 71.1 Å². The molecule has 1 aliphatic rings. The molecule has 1 fully saturated rings. The molecule has 173 valence electrons. The summed E-state index contributed by atoms with van der Waals surface area (Å²) < 4.78 is 0.965. The van der Waals surface area contributed by atoms with Crippen molar-refractivity contribution in [2.24, 2.45) is 0 Å². The van der Waals surface area contributed by atoms with E-state index in [-0.39, 0.29) is 44.7 Å². The van der Waals surface area contributed by atoms with Gasteiger partial charge in [0.15, 0.2) is 6.04 Å². The molecule has 0 aromatic heterocycles. The first-order valence-corrected chi connectivity index (χ1v) is 12.1. The van der Waals surface area contributed by atoms with Crippen molar-refractivity contribution in [2.45, 2.75) is 79.7 Å². The average molecular weight is 513 g/mol. The summed E-state index contributed by atoms with van der Waals surface area (Å²) in [7, 11) is 0. The number of aryl methyl sites for hydroxylation is 4. The van der Waals surface area contributed by atoms with Crippen molar-refractivity contribution >= 4 is 11.6 Å². The molecule has 1 N–H and O–H groups in total. The Balaban J connectivity index is 0.000000545. The van der Waals surface area contributed by atoms with Crippen LogP contribution in [0.1, 0.15) is 68.2 Å². The summed E-state index contributed by atoms with van der Waals surface area (Å²) in [5.74, 6) is 0.205. The third kappa shape index (κ3) is 8.08. The van der Waals surface area contributed by atoms with E-state index in [9.17, 15) is 4.79 Å². The summed E-state index contributed by atoms with van der Waals surface area (Å²) in [5.41, 5.74) is 5.90. The van der Waals surface area contributed by atoms with Crippen LogP contribution in [0.2, 0.25) is 0 Å². The first-order chi connectivity index (χ1) is 14.8. The van der Waals surface area contributed by atoms with Crippen molar-refractivity contribution in [3.05, 3.63) is 64.7 Å².